The van der Waals surface area contributed by atoms with Crippen LogP contribution in [0.4, 0.5) is 0 Å². The lowest BCUT2D eigenvalue weighted by Gasteiger charge is -2.25. The number of hydrogen-bond acceptors (Lipinski definition) is 7. The van der Waals surface area contributed by atoms with Gasteiger partial charge in [0.2, 0.25) is 0 Å². The Kier molecular flexibility index (Phi) is 12.4. The first-order chi connectivity index (χ1) is 28.2. The number of rotatable bonds is 13. The molecule has 6 aromatic carbocycles. The van der Waals surface area contributed by atoms with Crippen LogP contribution in [0.15, 0.2) is 138 Å². The Morgan fingerprint density at radius 2 is 1.12 bits per heavy atom. The van der Waals surface area contributed by atoms with Gasteiger partial charge in [-0.2, -0.15) is 0 Å². The molecule has 1 aromatic heterocycles. The minimum Gasteiger partial charge on any atom is -0.493 e. The van der Waals surface area contributed by atoms with Crippen molar-refractivity contribution in [2.24, 2.45) is 4.99 Å². The number of ether oxygens (including phenoxy) is 4. The van der Waals surface area contributed by atoms with Crippen molar-refractivity contribution in [1.29, 1.82) is 5.41 Å². The highest BCUT2D eigenvalue weighted by Gasteiger charge is 2.32. The van der Waals surface area contributed by atoms with Gasteiger partial charge in [0.25, 0.3) is 0 Å². The van der Waals surface area contributed by atoms with Gasteiger partial charge in [-0.3, -0.25) is 15.0 Å². The molecule has 1 heterocycles. The van der Waals surface area contributed by atoms with Gasteiger partial charge in [0.15, 0.2) is 29.2 Å². The fourth-order valence-electron chi connectivity index (χ4n) is 6.72. The van der Waals surface area contributed by atoms with Gasteiger partial charge >= 0.3 is 0 Å². The third-order valence-electron chi connectivity index (χ3n) is 9.53. The predicted molar refractivity (Wildman–Crippen MR) is 236 cm³/mol. The quantitative estimate of drug-likeness (QED) is 0.117. The van der Waals surface area contributed by atoms with Gasteiger partial charge in [0.05, 0.1) is 61.3 Å². The maximum Gasteiger partial charge on any atom is 0.161 e. The van der Waals surface area contributed by atoms with Crippen molar-refractivity contribution < 1.29 is 18.9 Å². The molecule has 1 N–H and O–H groups in total. The summed E-state index contributed by atoms with van der Waals surface area (Å²) in [5.74, 6) is 2.47. The third kappa shape index (κ3) is 7.89. The fourth-order valence-corrected chi connectivity index (χ4v) is 7.63. The third-order valence-corrected chi connectivity index (χ3v) is 10.9. The van der Waals surface area contributed by atoms with Gasteiger partial charge in [-0.15, -0.1) is 0 Å². The summed E-state index contributed by atoms with van der Waals surface area (Å²) >= 11 is 28.3. The molecule has 0 aliphatic heterocycles. The summed E-state index contributed by atoms with van der Waals surface area (Å²) in [5.41, 5.74) is 5.06. The second-order valence-corrected chi connectivity index (χ2v) is 14.5. The summed E-state index contributed by atoms with van der Waals surface area (Å²) in [5, 5.41) is 11.5. The van der Waals surface area contributed by atoms with Gasteiger partial charge in [-0.1, -0.05) is 113 Å². The van der Waals surface area contributed by atoms with E-state index < -0.39 is 6.17 Å². The van der Waals surface area contributed by atoms with Crippen molar-refractivity contribution >= 4 is 57.8 Å². The van der Waals surface area contributed by atoms with E-state index in [1.807, 2.05) is 102 Å². The van der Waals surface area contributed by atoms with Crippen LogP contribution in [-0.2, 0) is 0 Å². The molecule has 0 amide bonds. The smallest absolute Gasteiger partial charge is 0.161 e. The largest absolute Gasteiger partial charge is 0.493 e. The molecule has 12 heteroatoms. The van der Waals surface area contributed by atoms with E-state index in [1.54, 1.807) is 64.8 Å². The zero-order valence-corrected chi connectivity index (χ0v) is 34.8. The van der Waals surface area contributed by atoms with Crippen molar-refractivity contribution in [1.82, 2.24) is 9.55 Å². The molecule has 0 aliphatic carbocycles. The van der Waals surface area contributed by atoms with Crippen LogP contribution >= 0.6 is 46.4 Å². The molecule has 0 aliphatic rings. The summed E-state index contributed by atoms with van der Waals surface area (Å²) < 4.78 is 24.5. The highest BCUT2D eigenvalue weighted by atomic mass is 35.5. The summed E-state index contributed by atoms with van der Waals surface area (Å²) in [6.07, 6.45) is -1.00. The van der Waals surface area contributed by atoms with Gasteiger partial charge in [0, 0.05) is 43.4 Å². The maximum absolute atomic E-state index is 9.81. The molecular weight excluding hydrogens is 814 g/mol. The van der Waals surface area contributed by atoms with Crippen LogP contribution < -0.4 is 18.9 Å². The molecule has 0 saturated heterocycles. The van der Waals surface area contributed by atoms with E-state index in [-0.39, 0.29) is 11.4 Å². The first kappa shape index (κ1) is 40.4. The van der Waals surface area contributed by atoms with Crippen LogP contribution in [0.1, 0.15) is 22.9 Å². The highest BCUT2D eigenvalue weighted by Crippen LogP contribution is 2.46. The van der Waals surface area contributed by atoms with E-state index in [0.717, 1.165) is 0 Å². The van der Waals surface area contributed by atoms with Crippen molar-refractivity contribution in [2.75, 3.05) is 28.4 Å². The summed E-state index contributed by atoms with van der Waals surface area (Å²) in [6.45, 7) is 0. The van der Waals surface area contributed by atoms with E-state index in [9.17, 15) is 5.41 Å². The molecule has 1 unspecified atom stereocenters. The van der Waals surface area contributed by atoms with Gasteiger partial charge in [0.1, 0.15) is 5.82 Å². The molecule has 0 radical (unpaired) electrons. The van der Waals surface area contributed by atoms with E-state index in [2.05, 4.69) is 0 Å². The minimum absolute atomic E-state index is 0.0601. The highest BCUT2D eigenvalue weighted by molar-refractivity contribution is 6.55. The lowest BCUT2D eigenvalue weighted by Crippen LogP contribution is -2.21. The molecule has 1 atom stereocenters. The average molecular weight is 851 g/mol. The van der Waals surface area contributed by atoms with Crippen molar-refractivity contribution in [3.8, 4) is 56.9 Å². The van der Waals surface area contributed by atoms with Crippen LogP contribution in [0, 0.1) is 5.41 Å². The Morgan fingerprint density at radius 1 is 0.586 bits per heavy atom. The molecule has 8 nitrogen and oxygen atoms in total. The number of nitrogens with one attached hydrogen (secondary N) is 1. The topological polar surface area (TPSA) is 91.0 Å². The molecule has 0 spiro atoms. The first-order valence-corrected chi connectivity index (χ1v) is 19.4. The number of benzene rings is 6. The molecule has 292 valence electrons. The number of aliphatic imine (C=N–C) groups is 1. The Labute approximate surface area is 356 Å². The summed E-state index contributed by atoms with van der Waals surface area (Å²) in [7, 11) is 6.26. The van der Waals surface area contributed by atoms with E-state index in [4.69, 9.17) is 75.3 Å². The van der Waals surface area contributed by atoms with Crippen molar-refractivity contribution in [2.45, 2.75) is 6.17 Å². The number of nitrogens with zero attached hydrogens (tertiary/aromatic N) is 3. The summed E-state index contributed by atoms with van der Waals surface area (Å²) in [6, 6.07) is 40.5. The van der Waals surface area contributed by atoms with E-state index in [1.165, 1.54) is 0 Å². The normalized spacial score (nSPS) is 11.9. The number of methoxy groups -OCH3 is 4. The molecular formula is C46H36Cl4N4O4. The molecule has 7 aromatic rings. The number of halogens is 4. The lowest BCUT2D eigenvalue weighted by atomic mass is 9.98. The second kappa shape index (κ2) is 17.8. The zero-order chi connectivity index (χ0) is 40.9. The van der Waals surface area contributed by atoms with Crippen molar-refractivity contribution in [3.63, 3.8) is 0 Å². The van der Waals surface area contributed by atoms with E-state index >= 15 is 0 Å². The second-order valence-electron chi connectivity index (χ2n) is 12.8. The maximum atomic E-state index is 9.81. The monoisotopic (exact) mass is 848 g/mol. The van der Waals surface area contributed by atoms with E-state index in [0.29, 0.717) is 93.7 Å². The minimum atomic E-state index is -1.00. The molecule has 7 rings (SSSR count). The summed E-state index contributed by atoms with van der Waals surface area (Å²) in [4.78, 5) is 10.9. The van der Waals surface area contributed by atoms with Crippen LogP contribution in [0.25, 0.3) is 33.9 Å². The van der Waals surface area contributed by atoms with Gasteiger partial charge in [-0.25, -0.2) is 4.98 Å². The van der Waals surface area contributed by atoms with Crippen LogP contribution in [0.5, 0.6) is 23.0 Å². The van der Waals surface area contributed by atoms with Gasteiger partial charge < -0.3 is 18.9 Å². The number of imidazole rings is 1. The standard InChI is InChI=1S/C46H36Cl4N4O4/c1-55-37-23-21-27(25-39(37)57-3)41(51)43(29-13-5-9-17-33(29)47)53-46(32-16-8-12-20-36(32)50)54-44(30-14-6-10-18-34(30)48)42(28-22-24-38(56-2)40(26-28)58-4)52-45(54)31-15-7-11-19-35(31)49/h5-26,46,51H,1-4H3/b51-41?,53-43-. The Balaban J connectivity index is 1.65. The Bertz CT molecular complexity index is 2680. The number of hydrogen-bond donors (Lipinski definition) is 1. The van der Waals surface area contributed by atoms with Crippen molar-refractivity contribution in [3.05, 3.63) is 170 Å². The molecule has 0 bridgehead atoms. The predicted octanol–water partition coefficient (Wildman–Crippen LogP) is 12.6. The Morgan fingerprint density at radius 3 is 1.72 bits per heavy atom. The van der Waals surface area contributed by atoms with Crippen LogP contribution in [0.2, 0.25) is 20.1 Å². The average Bonchev–Trinajstić information content (AvgIpc) is 3.64. The zero-order valence-electron chi connectivity index (χ0n) is 31.8. The number of aromatic nitrogens is 2. The molecule has 0 saturated carbocycles. The molecule has 0 fully saturated rings. The van der Waals surface area contributed by atoms with Gasteiger partial charge in [-0.05, 0) is 66.7 Å². The first-order valence-electron chi connectivity index (χ1n) is 17.9. The van der Waals surface area contributed by atoms with Crippen LogP contribution in [-0.4, -0.2) is 49.4 Å². The SMILES string of the molecule is COc1ccc(C(=N)/C(=N\C(c2ccccc2Cl)n2c(-c3ccccc3Cl)nc(-c3ccc(OC)c(OC)c3)c2-c2ccccc2Cl)c2ccccc2Cl)cc1OC. The Hall–Kier alpha value is -5.77. The lowest BCUT2D eigenvalue weighted by molar-refractivity contribution is 0.355. The molecule has 58 heavy (non-hydrogen) atoms. The fraction of sp³-hybridized carbons (Fsp3) is 0.109. The van der Waals surface area contributed by atoms with Crippen LogP contribution in [0.3, 0.4) is 0 Å².